The molecule has 0 aliphatic rings. The van der Waals surface area contributed by atoms with Crippen LogP contribution in [0.3, 0.4) is 0 Å². The zero-order chi connectivity index (χ0) is 25.7. The third-order valence-corrected chi connectivity index (χ3v) is 7.92. The first-order chi connectivity index (χ1) is 17.3. The van der Waals surface area contributed by atoms with Crippen molar-refractivity contribution in [1.82, 2.24) is 10.2 Å². The Morgan fingerprint density at radius 2 is 1.64 bits per heavy atom. The number of aromatic nitrogens is 2. The first kappa shape index (κ1) is 25.1. The Morgan fingerprint density at radius 1 is 0.944 bits per heavy atom. The number of nitrogens with one attached hydrogen (secondary N) is 1. The largest absolute Gasteiger partial charge is 0.497 e. The van der Waals surface area contributed by atoms with E-state index in [2.05, 4.69) is 15.5 Å². The van der Waals surface area contributed by atoms with Crippen LogP contribution in [-0.2, 0) is 14.8 Å². The third kappa shape index (κ3) is 5.64. The standard InChI is InChI=1S/C25H24N4O5S2/c1-17-7-13-22(14-8-17)36(31,32)29(19-5-4-6-21(15-19)34-3)16-23(30)26-25-28-27-24(35-25)18-9-11-20(33-2)12-10-18/h4-15H,16H2,1-3H3,(H,26,28,30). The molecule has 1 amide bonds. The molecule has 0 atom stereocenters. The Hall–Kier alpha value is -3.96. The van der Waals surface area contributed by atoms with E-state index in [1.54, 1.807) is 55.6 Å². The van der Waals surface area contributed by atoms with Crippen molar-refractivity contribution < 1.29 is 22.7 Å². The van der Waals surface area contributed by atoms with E-state index in [1.807, 2.05) is 19.1 Å². The van der Waals surface area contributed by atoms with Crippen LogP contribution in [-0.4, -0.2) is 45.3 Å². The Bertz CT molecular complexity index is 1450. The third-order valence-electron chi connectivity index (χ3n) is 5.25. The zero-order valence-electron chi connectivity index (χ0n) is 19.8. The number of aryl methyl sites for hydroxylation is 1. The van der Waals surface area contributed by atoms with E-state index in [0.717, 1.165) is 15.4 Å². The maximum Gasteiger partial charge on any atom is 0.264 e. The molecule has 4 aromatic rings. The monoisotopic (exact) mass is 524 g/mol. The molecule has 0 spiro atoms. The minimum atomic E-state index is -4.06. The lowest BCUT2D eigenvalue weighted by Crippen LogP contribution is -2.38. The minimum Gasteiger partial charge on any atom is -0.497 e. The topological polar surface area (TPSA) is 111 Å². The van der Waals surface area contributed by atoms with Gasteiger partial charge in [0.25, 0.3) is 10.0 Å². The van der Waals surface area contributed by atoms with Gasteiger partial charge in [-0.1, -0.05) is 35.1 Å². The maximum absolute atomic E-state index is 13.5. The SMILES string of the molecule is COc1ccc(-c2nnc(NC(=O)CN(c3cccc(OC)c3)S(=O)(=O)c3ccc(C)cc3)s2)cc1. The highest BCUT2D eigenvalue weighted by Gasteiger charge is 2.28. The van der Waals surface area contributed by atoms with Crippen molar-refractivity contribution in [2.75, 3.05) is 30.4 Å². The van der Waals surface area contributed by atoms with Crippen molar-refractivity contribution in [2.45, 2.75) is 11.8 Å². The van der Waals surface area contributed by atoms with Gasteiger partial charge in [0.05, 0.1) is 24.8 Å². The summed E-state index contributed by atoms with van der Waals surface area (Å²) >= 11 is 1.18. The fourth-order valence-corrected chi connectivity index (χ4v) is 5.51. The van der Waals surface area contributed by atoms with E-state index < -0.39 is 22.5 Å². The van der Waals surface area contributed by atoms with Crippen LogP contribution in [0.5, 0.6) is 11.5 Å². The lowest BCUT2D eigenvalue weighted by molar-refractivity contribution is -0.114. The first-order valence-electron chi connectivity index (χ1n) is 10.8. The van der Waals surface area contributed by atoms with Crippen LogP contribution in [0.1, 0.15) is 5.56 Å². The summed E-state index contributed by atoms with van der Waals surface area (Å²) in [6.07, 6.45) is 0. The van der Waals surface area contributed by atoms with Gasteiger partial charge in [-0.15, -0.1) is 10.2 Å². The van der Waals surface area contributed by atoms with Crippen molar-refractivity contribution in [3.05, 3.63) is 78.4 Å². The number of benzene rings is 3. The molecule has 0 bridgehead atoms. The molecule has 9 nitrogen and oxygen atoms in total. The first-order valence-corrected chi connectivity index (χ1v) is 13.1. The van der Waals surface area contributed by atoms with Crippen LogP contribution in [0.2, 0.25) is 0 Å². The van der Waals surface area contributed by atoms with Gasteiger partial charge in [-0.3, -0.25) is 14.4 Å². The highest BCUT2D eigenvalue weighted by Crippen LogP contribution is 2.29. The van der Waals surface area contributed by atoms with Gasteiger partial charge in [-0.2, -0.15) is 0 Å². The number of carbonyl (C=O) groups excluding carboxylic acids is 1. The van der Waals surface area contributed by atoms with E-state index in [0.29, 0.717) is 22.2 Å². The quantitative estimate of drug-likeness (QED) is 0.346. The molecule has 0 saturated carbocycles. The number of anilines is 2. The summed E-state index contributed by atoms with van der Waals surface area (Å²) in [6, 6.07) is 20.2. The molecular weight excluding hydrogens is 500 g/mol. The molecule has 0 radical (unpaired) electrons. The molecule has 1 N–H and O–H groups in total. The molecule has 4 rings (SSSR count). The molecule has 186 valence electrons. The Labute approximate surface area is 213 Å². The molecule has 11 heteroatoms. The molecular formula is C25H24N4O5S2. The van der Waals surface area contributed by atoms with Crippen molar-refractivity contribution >= 4 is 38.1 Å². The van der Waals surface area contributed by atoms with E-state index in [1.165, 1.54) is 30.6 Å². The van der Waals surface area contributed by atoms with Crippen LogP contribution < -0.4 is 19.1 Å². The van der Waals surface area contributed by atoms with Crippen molar-refractivity contribution in [1.29, 1.82) is 0 Å². The minimum absolute atomic E-state index is 0.0708. The van der Waals surface area contributed by atoms with Gasteiger partial charge >= 0.3 is 0 Å². The molecule has 0 unspecified atom stereocenters. The van der Waals surface area contributed by atoms with Gasteiger partial charge in [0.2, 0.25) is 11.0 Å². The maximum atomic E-state index is 13.5. The fraction of sp³-hybridized carbons (Fsp3) is 0.160. The Morgan fingerprint density at radius 3 is 2.31 bits per heavy atom. The summed E-state index contributed by atoms with van der Waals surface area (Å²) in [7, 11) is -0.984. The van der Waals surface area contributed by atoms with Crippen molar-refractivity contribution in [3.63, 3.8) is 0 Å². The molecule has 1 heterocycles. The van der Waals surface area contributed by atoms with Gasteiger partial charge in [0.1, 0.15) is 23.1 Å². The second-order valence-corrected chi connectivity index (χ2v) is 10.6. The number of hydrogen-bond acceptors (Lipinski definition) is 8. The summed E-state index contributed by atoms with van der Waals surface area (Å²) in [5.74, 6) is 0.612. The van der Waals surface area contributed by atoms with Crippen LogP contribution in [0.15, 0.2) is 77.7 Å². The number of ether oxygens (including phenoxy) is 2. The zero-order valence-corrected chi connectivity index (χ0v) is 21.5. The van der Waals surface area contributed by atoms with E-state index in [-0.39, 0.29) is 10.0 Å². The number of carbonyl (C=O) groups is 1. The van der Waals surface area contributed by atoms with E-state index in [4.69, 9.17) is 9.47 Å². The molecule has 0 fully saturated rings. The van der Waals surface area contributed by atoms with E-state index in [9.17, 15) is 13.2 Å². The fourth-order valence-electron chi connectivity index (χ4n) is 3.33. The predicted octanol–water partition coefficient (Wildman–Crippen LogP) is 4.36. The van der Waals surface area contributed by atoms with Gasteiger partial charge < -0.3 is 9.47 Å². The van der Waals surface area contributed by atoms with Crippen molar-refractivity contribution in [3.8, 4) is 22.1 Å². The molecule has 36 heavy (non-hydrogen) atoms. The highest BCUT2D eigenvalue weighted by atomic mass is 32.2. The second kappa shape index (κ2) is 10.8. The molecule has 0 saturated heterocycles. The highest BCUT2D eigenvalue weighted by molar-refractivity contribution is 7.92. The molecule has 0 aliphatic carbocycles. The molecule has 1 aromatic heterocycles. The summed E-state index contributed by atoms with van der Waals surface area (Å²) in [4.78, 5) is 13.1. The average molecular weight is 525 g/mol. The van der Waals surface area contributed by atoms with Gasteiger partial charge in [-0.25, -0.2) is 8.42 Å². The summed E-state index contributed by atoms with van der Waals surface area (Å²) in [5.41, 5.74) is 2.03. The van der Waals surface area contributed by atoms with Crippen molar-refractivity contribution in [2.24, 2.45) is 0 Å². The number of methoxy groups -OCH3 is 2. The van der Waals surface area contributed by atoms with Gasteiger partial charge in [0.15, 0.2) is 0 Å². The van der Waals surface area contributed by atoms with Crippen LogP contribution in [0.4, 0.5) is 10.8 Å². The van der Waals surface area contributed by atoms with Gasteiger partial charge in [0, 0.05) is 11.6 Å². The number of amides is 1. The summed E-state index contributed by atoms with van der Waals surface area (Å²) in [5, 5.41) is 11.7. The van der Waals surface area contributed by atoms with Crippen LogP contribution in [0.25, 0.3) is 10.6 Å². The summed E-state index contributed by atoms with van der Waals surface area (Å²) in [6.45, 7) is 1.40. The lowest BCUT2D eigenvalue weighted by Gasteiger charge is -2.24. The Kier molecular flexibility index (Phi) is 7.51. The molecule has 0 aliphatic heterocycles. The molecule has 3 aromatic carbocycles. The van der Waals surface area contributed by atoms with Crippen LogP contribution in [0, 0.1) is 6.92 Å². The second-order valence-electron chi connectivity index (χ2n) is 7.72. The number of rotatable bonds is 9. The lowest BCUT2D eigenvalue weighted by atomic mass is 10.2. The number of nitrogens with zero attached hydrogens (tertiary/aromatic N) is 3. The Balaban J connectivity index is 1.58. The summed E-state index contributed by atoms with van der Waals surface area (Å²) < 4.78 is 38.5. The smallest absolute Gasteiger partial charge is 0.264 e. The van der Waals surface area contributed by atoms with E-state index >= 15 is 0 Å². The van der Waals surface area contributed by atoms with Gasteiger partial charge in [-0.05, 0) is 55.5 Å². The normalized spacial score (nSPS) is 11.1. The predicted molar refractivity (Wildman–Crippen MR) is 139 cm³/mol. The average Bonchev–Trinajstić information content (AvgIpc) is 3.35. The number of hydrogen-bond donors (Lipinski definition) is 1. The number of sulfonamides is 1. The van der Waals surface area contributed by atoms with Crippen LogP contribution >= 0.6 is 11.3 Å².